The predicted octanol–water partition coefficient (Wildman–Crippen LogP) is 1.29. The van der Waals surface area contributed by atoms with Gasteiger partial charge in [0.2, 0.25) is 10.0 Å². The molecule has 0 amide bonds. The molecule has 1 saturated carbocycles. The maximum Gasteiger partial charge on any atom is 0.211 e. The summed E-state index contributed by atoms with van der Waals surface area (Å²) in [7, 11) is -3.02. The summed E-state index contributed by atoms with van der Waals surface area (Å²) in [5, 5.41) is 0. The van der Waals surface area contributed by atoms with Crippen LogP contribution in [-0.4, -0.2) is 55.6 Å². The van der Waals surface area contributed by atoms with Crippen molar-refractivity contribution in [3.05, 3.63) is 0 Å². The van der Waals surface area contributed by atoms with Crippen LogP contribution in [0.15, 0.2) is 0 Å². The van der Waals surface area contributed by atoms with Gasteiger partial charge in [-0.1, -0.05) is 0 Å². The summed E-state index contributed by atoms with van der Waals surface area (Å²) >= 11 is 0. The lowest BCUT2D eigenvalue weighted by Gasteiger charge is -2.44. The third kappa shape index (κ3) is 2.45. The van der Waals surface area contributed by atoms with E-state index < -0.39 is 10.0 Å². The highest BCUT2D eigenvalue weighted by Crippen LogP contribution is 2.40. The van der Waals surface area contributed by atoms with Crippen molar-refractivity contribution in [1.29, 1.82) is 0 Å². The van der Waals surface area contributed by atoms with Gasteiger partial charge in [0.15, 0.2) is 0 Å². The minimum atomic E-state index is -3.02. The number of hydrogen-bond donors (Lipinski definition) is 0. The normalized spacial score (nSPS) is 30.1. The van der Waals surface area contributed by atoms with Crippen molar-refractivity contribution < 1.29 is 8.42 Å². The van der Waals surface area contributed by atoms with Crippen LogP contribution >= 0.6 is 0 Å². The molecule has 0 aromatic carbocycles. The van der Waals surface area contributed by atoms with Crippen LogP contribution in [0, 0.1) is 5.92 Å². The molecule has 3 rings (SSSR count). The van der Waals surface area contributed by atoms with Gasteiger partial charge in [0, 0.05) is 18.6 Å². The Morgan fingerprint density at radius 3 is 2.33 bits per heavy atom. The molecule has 0 N–H and O–H groups in total. The SMILES string of the molecule is CS(=O)(=O)N1CCCC12CCN(CC1CC1)CC2. The molecule has 104 valence electrons. The van der Waals surface area contributed by atoms with E-state index in [1.54, 1.807) is 4.31 Å². The van der Waals surface area contributed by atoms with Crippen LogP contribution in [-0.2, 0) is 10.0 Å². The Morgan fingerprint density at radius 2 is 1.78 bits per heavy atom. The van der Waals surface area contributed by atoms with Gasteiger partial charge in [-0.3, -0.25) is 0 Å². The standard InChI is InChI=1S/C13H24N2O2S/c1-18(16,17)15-8-2-5-13(15)6-9-14(10-7-13)11-12-3-4-12/h12H,2-11H2,1H3. The largest absolute Gasteiger partial charge is 0.303 e. The molecule has 3 fully saturated rings. The van der Waals surface area contributed by atoms with Crippen LogP contribution in [0.1, 0.15) is 38.5 Å². The second-order valence-electron chi connectivity index (χ2n) is 6.41. The van der Waals surface area contributed by atoms with Gasteiger partial charge >= 0.3 is 0 Å². The summed E-state index contributed by atoms with van der Waals surface area (Å²) in [6, 6.07) is 0. The number of hydrogen-bond acceptors (Lipinski definition) is 3. The number of sulfonamides is 1. The summed E-state index contributed by atoms with van der Waals surface area (Å²) in [4.78, 5) is 2.54. The molecule has 2 saturated heterocycles. The van der Waals surface area contributed by atoms with Crippen molar-refractivity contribution in [2.24, 2.45) is 5.92 Å². The highest BCUT2D eigenvalue weighted by atomic mass is 32.2. The van der Waals surface area contributed by atoms with Crippen LogP contribution in [0.4, 0.5) is 0 Å². The molecule has 5 heteroatoms. The fourth-order valence-electron chi connectivity index (χ4n) is 3.75. The first-order chi connectivity index (χ1) is 8.50. The van der Waals surface area contributed by atoms with Crippen molar-refractivity contribution >= 4 is 10.0 Å². The van der Waals surface area contributed by atoms with E-state index >= 15 is 0 Å². The van der Waals surface area contributed by atoms with Gasteiger partial charge in [-0.2, -0.15) is 4.31 Å². The quantitative estimate of drug-likeness (QED) is 0.777. The minimum Gasteiger partial charge on any atom is -0.303 e. The van der Waals surface area contributed by atoms with Gasteiger partial charge in [-0.15, -0.1) is 0 Å². The van der Waals surface area contributed by atoms with E-state index in [1.165, 1.54) is 25.6 Å². The maximum atomic E-state index is 11.9. The van der Waals surface area contributed by atoms with Crippen molar-refractivity contribution in [3.63, 3.8) is 0 Å². The predicted molar refractivity (Wildman–Crippen MR) is 71.9 cm³/mol. The van der Waals surface area contributed by atoms with Gasteiger partial charge in [-0.25, -0.2) is 8.42 Å². The molecule has 18 heavy (non-hydrogen) atoms. The number of rotatable bonds is 3. The summed E-state index contributed by atoms with van der Waals surface area (Å²) in [6.07, 6.45) is 8.34. The van der Waals surface area contributed by atoms with Crippen molar-refractivity contribution in [2.45, 2.75) is 44.1 Å². The Morgan fingerprint density at radius 1 is 1.11 bits per heavy atom. The summed E-state index contributed by atoms with van der Waals surface area (Å²) < 4.78 is 25.6. The molecule has 2 aliphatic heterocycles. The molecule has 4 nitrogen and oxygen atoms in total. The molecule has 3 aliphatic rings. The van der Waals surface area contributed by atoms with E-state index in [4.69, 9.17) is 0 Å². The smallest absolute Gasteiger partial charge is 0.211 e. The average molecular weight is 272 g/mol. The fraction of sp³-hybridized carbons (Fsp3) is 1.00. The van der Waals surface area contributed by atoms with Gasteiger partial charge in [0.05, 0.1) is 6.26 Å². The summed E-state index contributed by atoms with van der Waals surface area (Å²) in [6.45, 7) is 4.15. The van der Waals surface area contributed by atoms with E-state index in [9.17, 15) is 8.42 Å². The monoisotopic (exact) mass is 272 g/mol. The van der Waals surface area contributed by atoms with Crippen LogP contribution in [0.2, 0.25) is 0 Å². The van der Waals surface area contributed by atoms with Crippen LogP contribution < -0.4 is 0 Å². The number of nitrogens with zero attached hydrogens (tertiary/aromatic N) is 2. The number of piperidine rings is 1. The molecule has 0 atom stereocenters. The molecule has 0 unspecified atom stereocenters. The van der Waals surface area contributed by atoms with Crippen molar-refractivity contribution in [2.75, 3.05) is 32.4 Å². The van der Waals surface area contributed by atoms with Crippen molar-refractivity contribution in [1.82, 2.24) is 9.21 Å². The first-order valence-corrected chi connectivity index (χ1v) is 9.05. The zero-order valence-corrected chi connectivity index (χ0v) is 12.1. The molecule has 2 heterocycles. The Kier molecular flexibility index (Phi) is 3.19. The maximum absolute atomic E-state index is 11.9. The zero-order chi connectivity index (χ0) is 12.8. The lowest BCUT2D eigenvalue weighted by molar-refractivity contribution is 0.0999. The first-order valence-electron chi connectivity index (χ1n) is 7.20. The number of likely N-dealkylation sites (tertiary alicyclic amines) is 1. The third-order valence-corrected chi connectivity index (χ3v) is 6.30. The first kappa shape index (κ1) is 12.9. The minimum absolute atomic E-state index is 0.0341. The Bertz CT molecular complexity index is 409. The van der Waals surface area contributed by atoms with Crippen molar-refractivity contribution in [3.8, 4) is 0 Å². The molecule has 0 radical (unpaired) electrons. The highest BCUT2D eigenvalue weighted by Gasteiger charge is 2.47. The summed E-state index contributed by atoms with van der Waals surface area (Å²) in [5.74, 6) is 0.939. The Balaban J connectivity index is 1.65. The van der Waals surface area contributed by atoms with Crippen LogP contribution in [0.5, 0.6) is 0 Å². The lowest BCUT2D eigenvalue weighted by Crippen LogP contribution is -2.53. The van der Waals surface area contributed by atoms with E-state index in [2.05, 4.69) is 4.90 Å². The lowest BCUT2D eigenvalue weighted by atomic mass is 9.86. The molecule has 0 aromatic rings. The van der Waals surface area contributed by atoms with Gasteiger partial charge in [-0.05, 0) is 57.5 Å². The second kappa shape index (κ2) is 4.46. The van der Waals surface area contributed by atoms with E-state index in [0.29, 0.717) is 0 Å². The van der Waals surface area contributed by atoms with E-state index in [0.717, 1.165) is 51.2 Å². The summed E-state index contributed by atoms with van der Waals surface area (Å²) in [5.41, 5.74) is -0.0341. The average Bonchev–Trinajstić information content (AvgIpc) is 3.01. The van der Waals surface area contributed by atoms with Gasteiger partial charge in [0.25, 0.3) is 0 Å². The fourth-order valence-corrected chi connectivity index (χ4v) is 5.19. The second-order valence-corrected chi connectivity index (χ2v) is 8.31. The molecule has 1 aliphatic carbocycles. The molecule has 0 aromatic heterocycles. The highest BCUT2D eigenvalue weighted by molar-refractivity contribution is 7.88. The molecule has 0 bridgehead atoms. The molecule has 1 spiro atoms. The topological polar surface area (TPSA) is 40.6 Å². The van der Waals surface area contributed by atoms with Crippen LogP contribution in [0.3, 0.4) is 0 Å². The van der Waals surface area contributed by atoms with Gasteiger partial charge in [0.1, 0.15) is 0 Å². The Hall–Kier alpha value is -0.130. The van der Waals surface area contributed by atoms with E-state index in [-0.39, 0.29) is 5.54 Å². The van der Waals surface area contributed by atoms with Gasteiger partial charge < -0.3 is 4.90 Å². The van der Waals surface area contributed by atoms with E-state index in [1.807, 2.05) is 0 Å². The molecular weight excluding hydrogens is 248 g/mol. The van der Waals surface area contributed by atoms with Crippen LogP contribution in [0.25, 0.3) is 0 Å². The molecular formula is C13H24N2O2S. The Labute approximate surface area is 110 Å². The third-order valence-electron chi connectivity index (χ3n) is 4.93. The zero-order valence-electron chi connectivity index (χ0n) is 11.3.